The predicted molar refractivity (Wildman–Crippen MR) is 111 cm³/mol. The van der Waals surface area contributed by atoms with Gasteiger partial charge in [-0.1, -0.05) is 12.1 Å². The maximum atomic E-state index is 14.1. The van der Waals surface area contributed by atoms with Gasteiger partial charge in [-0.3, -0.25) is 0 Å². The van der Waals surface area contributed by atoms with Crippen molar-refractivity contribution in [2.24, 2.45) is 0 Å². The molecule has 2 aliphatic rings. The number of anilines is 3. The summed E-state index contributed by atoms with van der Waals surface area (Å²) in [7, 11) is 1.72. The molecule has 0 aromatic heterocycles. The largest absolute Gasteiger partial charge is 0.365 e. The minimum atomic E-state index is -0.247. The number of carbonyl (C=O) groups excluding carboxylic acids is 2. The molecule has 0 unspecified atom stereocenters. The maximum absolute atomic E-state index is 14.1. The zero-order valence-electron chi connectivity index (χ0n) is 16.5. The molecule has 2 heterocycles. The second kappa shape index (κ2) is 7.62. The van der Waals surface area contributed by atoms with Gasteiger partial charge in [-0.05, 0) is 42.8 Å². The van der Waals surface area contributed by atoms with Crippen LogP contribution >= 0.6 is 0 Å². The van der Waals surface area contributed by atoms with Gasteiger partial charge in [-0.25, -0.2) is 14.0 Å². The Labute approximate surface area is 169 Å². The lowest BCUT2D eigenvalue weighted by molar-refractivity contribution is 0.184. The highest BCUT2D eigenvalue weighted by Gasteiger charge is 2.29. The fourth-order valence-corrected chi connectivity index (χ4v) is 3.84. The lowest BCUT2D eigenvalue weighted by Crippen LogP contribution is -2.55. The van der Waals surface area contributed by atoms with Crippen molar-refractivity contribution in [3.63, 3.8) is 0 Å². The number of rotatable bonds is 2. The smallest absolute Gasteiger partial charge is 0.322 e. The van der Waals surface area contributed by atoms with E-state index < -0.39 is 0 Å². The van der Waals surface area contributed by atoms with Gasteiger partial charge in [0.2, 0.25) is 0 Å². The van der Waals surface area contributed by atoms with Gasteiger partial charge in [0.05, 0.1) is 5.69 Å². The Morgan fingerprint density at radius 2 is 2.00 bits per heavy atom. The molecule has 152 valence electrons. The highest BCUT2D eigenvalue weighted by Crippen LogP contribution is 2.27. The number of amides is 4. The van der Waals surface area contributed by atoms with E-state index in [0.717, 1.165) is 11.3 Å². The average molecular weight is 397 g/mol. The first-order valence-corrected chi connectivity index (χ1v) is 9.64. The SMILES string of the molecule is C[C@@H]1CN(c2ccccc2F)CCN1C(=O)Nc1ccc2c(c1)CN(C)C(=O)N2. The standard InChI is InChI=1S/C21H24FN5O2/c1-14-12-26(19-6-4-3-5-17(19)22)9-10-27(14)21(29)23-16-7-8-18-15(11-16)13-25(2)20(28)24-18/h3-8,11,14H,9-10,12-13H2,1-2H3,(H,23,29)(H,24,28)/t14-/m1/s1. The van der Waals surface area contributed by atoms with Crippen LogP contribution in [-0.2, 0) is 6.54 Å². The summed E-state index contributed by atoms with van der Waals surface area (Å²) in [5.41, 5.74) is 2.96. The Balaban J connectivity index is 1.41. The van der Waals surface area contributed by atoms with Gasteiger partial charge in [0.1, 0.15) is 5.82 Å². The fourth-order valence-electron chi connectivity index (χ4n) is 3.84. The molecule has 0 bridgehead atoms. The van der Waals surface area contributed by atoms with Crippen LogP contribution in [0.5, 0.6) is 0 Å². The monoisotopic (exact) mass is 397 g/mol. The van der Waals surface area contributed by atoms with Crippen LogP contribution in [0, 0.1) is 5.82 Å². The van der Waals surface area contributed by atoms with Gasteiger partial charge in [-0.15, -0.1) is 0 Å². The van der Waals surface area contributed by atoms with Gasteiger partial charge >= 0.3 is 12.1 Å². The molecule has 1 saturated heterocycles. The number of urea groups is 2. The van der Waals surface area contributed by atoms with E-state index in [1.165, 1.54) is 6.07 Å². The number of fused-ring (bicyclic) bond motifs is 1. The molecule has 1 atom stereocenters. The van der Waals surface area contributed by atoms with Gasteiger partial charge in [0, 0.05) is 50.6 Å². The number of nitrogens with one attached hydrogen (secondary N) is 2. The Kier molecular flexibility index (Phi) is 5.00. The Bertz CT molecular complexity index is 950. The van der Waals surface area contributed by atoms with Crippen molar-refractivity contribution in [3.8, 4) is 0 Å². The van der Waals surface area contributed by atoms with Crippen molar-refractivity contribution >= 4 is 29.1 Å². The normalized spacial score (nSPS) is 18.9. The van der Waals surface area contributed by atoms with Crippen molar-refractivity contribution in [1.29, 1.82) is 0 Å². The van der Waals surface area contributed by atoms with E-state index in [1.807, 2.05) is 24.0 Å². The fraction of sp³-hybridized carbons (Fsp3) is 0.333. The summed E-state index contributed by atoms with van der Waals surface area (Å²) in [5, 5.41) is 5.76. The zero-order chi connectivity index (χ0) is 20.5. The molecule has 2 aromatic rings. The van der Waals surface area contributed by atoms with Gasteiger partial charge < -0.3 is 25.3 Å². The second-order valence-corrected chi connectivity index (χ2v) is 7.53. The predicted octanol–water partition coefficient (Wildman–Crippen LogP) is 3.55. The van der Waals surface area contributed by atoms with E-state index in [2.05, 4.69) is 10.6 Å². The van der Waals surface area contributed by atoms with Crippen molar-refractivity contribution in [2.75, 3.05) is 42.2 Å². The summed E-state index contributed by atoms with van der Waals surface area (Å²) in [5.74, 6) is -0.247. The van der Waals surface area contributed by atoms with E-state index in [-0.39, 0.29) is 23.9 Å². The van der Waals surface area contributed by atoms with Crippen molar-refractivity contribution in [2.45, 2.75) is 19.5 Å². The van der Waals surface area contributed by atoms with Crippen LogP contribution in [0.2, 0.25) is 0 Å². The third-order valence-corrected chi connectivity index (χ3v) is 5.43. The number of benzene rings is 2. The molecule has 0 saturated carbocycles. The second-order valence-electron chi connectivity index (χ2n) is 7.53. The van der Waals surface area contributed by atoms with Crippen LogP contribution in [0.3, 0.4) is 0 Å². The first kappa shape index (κ1) is 19.0. The minimum Gasteiger partial charge on any atom is -0.365 e. The van der Waals surface area contributed by atoms with Gasteiger partial charge in [0.25, 0.3) is 0 Å². The number of hydrogen-bond acceptors (Lipinski definition) is 3. The topological polar surface area (TPSA) is 67.9 Å². The van der Waals surface area contributed by atoms with E-state index in [9.17, 15) is 14.0 Å². The number of para-hydroxylation sites is 1. The summed E-state index contributed by atoms with van der Waals surface area (Å²) in [4.78, 5) is 29.9. The third kappa shape index (κ3) is 3.83. The van der Waals surface area contributed by atoms with E-state index >= 15 is 0 Å². The Hall–Kier alpha value is -3.29. The van der Waals surface area contributed by atoms with Crippen LogP contribution in [0.25, 0.3) is 0 Å². The zero-order valence-corrected chi connectivity index (χ0v) is 16.5. The molecule has 8 heteroatoms. The first-order chi connectivity index (χ1) is 13.9. The highest BCUT2D eigenvalue weighted by molar-refractivity contribution is 5.94. The average Bonchev–Trinajstić information content (AvgIpc) is 2.69. The number of carbonyl (C=O) groups is 2. The summed E-state index contributed by atoms with van der Waals surface area (Å²) >= 11 is 0. The quantitative estimate of drug-likeness (QED) is 0.815. The van der Waals surface area contributed by atoms with E-state index in [4.69, 9.17) is 0 Å². The van der Waals surface area contributed by atoms with Crippen LogP contribution in [0.4, 0.5) is 31.0 Å². The molecule has 0 spiro atoms. The molecule has 1 fully saturated rings. The van der Waals surface area contributed by atoms with Crippen molar-refractivity contribution in [3.05, 3.63) is 53.8 Å². The van der Waals surface area contributed by atoms with Crippen molar-refractivity contribution in [1.82, 2.24) is 9.80 Å². The van der Waals surface area contributed by atoms with Crippen LogP contribution in [0.1, 0.15) is 12.5 Å². The minimum absolute atomic E-state index is 0.0635. The third-order valence-electron chi connectivity index (χ3n) is 5.43. The van der Waals surface area contributed by atoms with Gasteiger partial charge in [0.15, 0.2) is 0 Å². The molecule has 29 heavy (non-hydrogen) atoms. The first-order valence-electron chi connectivity index (χ1n) is 9.64. The molecule has 2 N–H and O–H groups in total. The number of piperazine rings is 1. The molecule has 0 radical (unpaired) electrons. The highest BCUT2D eigenvalue weighted by atomic mass is 19.1. The lowest BCUT2D eigenvalue weighted by Gasteiger charge is -2.41. The number of halogens is 1. The summed E-state index contributed by atoms with van der Waals surface area (Å²) in [6, 6.07) is 11.8. The molecule has 0 aliphatic carbocycles. The van der Waals surface area contributed by atoms with E-state index in [0.29, 0.717) is 37.6 Å². The number of nitrogens with zero attached hydrogens (tertiary/aromatic N) is 3. The van der Waals surface area contributed by atoms with Crippen LogP contribution < -0.4 is 15.5 Å². The molecule has 2 aliphatic heterocycles. The number of hydrogen-bond donors (Lipinski definition) is 2. The molecule has 2 aromatic carbocycles. The molecule has 7 nitrogen and oxygen atoms in total. The maximum Gasteiger partial charge on any atom is 0.322 e. The van der Waals surface area contributed by atoms with Crippen LogP contribution in [-0.4, -0.2) is 54.6 Å². The Morgan fingerprint density at radius 3 is 2.76 bits per heavy atom. The summed E-state index contributed by atoms with van der Waals surface area (Å²) < 4.78 is 14.1. The summed E-state index contributed by atoms with van der Waals surface area (Å²) in [6.07, 6.45) is 0. The van der Waals surface area contributed by atoms with Crippen LogP contribution in [0.15, 0.2) is 42.5 Å². The van der Waals surface area contributed by atoms with Crippen molar-refractivity contribution < 1.29 is 14.0 Å². The van der Waals surface area contributed by atoms with Gasteiger partial charge in [-0.2, -0.15) is 0 Å². The van der Waals surface area contributed by atoms with E-state index in [1.54, 1.807) is 41.1 Å². The summed E-state index contributed by atoms with van der Waals surface area (Å²) in [6.45, 7) is 4.09. The lowest BCUT2D eigenvalue weighted by atomic mass is 10.1. The molecular weight excluding hydrogens is 373 g/mol. The Morgan fingerprint density at radius 1 is 1.21 bits per heavy atom. The molecular formula is C21H24FN5O2. The molecule has 4 amide bonds. The molecule has 4 rings (SSSR count).